The van der Waals surface area contributed by atoms with E-state index in [1.807, 2.05) is 77.7 Å². The Bertz CT molecular complexity index is 1060. The van der Waals surface area contributed by atoms with Crippen molar-refractivity contribution >= 4 is 28.9 Å². The van der Waals surface area contributed by atoms with E-state index in [0.717, 1.165) is 28.3 Å². The molecule has 0 aromatic heterocycles. The molecular formula is C24H22N2O3S. The van der Waals surface area contributed by atoms with Gasteiger partial charge in [-0.15, -0.1) is 0 Å². The van der Waals surface area contributed by atoms with E-state index in [1.165, 1.54) is 5.56 Å². The smallest absolute Gasteiger partial charge is 0.225 e. The SMILES string of the molecule is COc1ccc(C2=NC(=S)N(c3ccc(C)cc3)C(c3ccc(OC)cc3)O2)cc1. The van der Waals surface area contributed by atoms with Gasteiger partial charge in [-0.1, -0.05) is 17.7 Å². The molecule has 0 spiro atoms. The van der Waals surface area contributed by atoms with Crippen molar-refractivity contribution in [2.75, 3.05) is 19.1 Å². The summed E-state index contributed by atoms with van der Waals surface area (Å²) >= 11 is 5.70. The predicted molar refractivity (Wildman–Crippen MR) is 123 cm³/mol. The third kappa shape index (κ3) is 4.00. The van der Waals surface area contributed by atoms with E-state index in [0.29, 0.717) is 11.0 Å². The molecule has 1 heterocycles. The van der Waals surface area contributed by atoms with Crippen molar-refractivity contribution in [1.82, 2.24) is 0 Å². The van der Waals surface area contributed by atoms with Crippen LogP contribution in [0.25, 0.3) is 0 Å². The molecule has 0 fully saturated rings. The number of hydrogen-bond acceptors (Lipinski definition) is 4. The minimum atomic E-state index is -0.458. The fourth-order valence-electron chi connectivity index (χ4n) is 3.23. The number of nitrogens with zero attached hydrogens (tertiary/aromatic N) is 2. The lowest BCUT2D eigenvalue weighted by Crippen LogP contribution is -2.40. The summed E-state index contributed by atoms with van der Waals surface area (Å²) in [4.78, 5) is 6.50. The highest BCUT2D eigenvalue weighted by molar-refractivity contribution is 7.80. The lowest BCUT2D eigenvalue weighted by Gasteiger charge is -2.36. The highest BCUT2D eigenvalue weighted by atomic mass is 32.1. The summed E-state index contributed by atoms with van der Waals surface area (Å²) in [7, 11) is 3.28. The molecule has 0 saturated carbocycles. The van der Waals surface area contributed by atoms with Crippen LogP contribution in [0.15, 0.2) is 77.8 Å². The van der Waals surface area contributed by atoms with Crippen LogP contribution in [-0.2, 0) is 4.74 Å². The second-order valence-electron chi connectivity index (χ2n) is 6.88. The highest BCUT2D eigenvalue weighted by Crippen LogP contribution is 2.34. The molecule has 0 amide bonds. The van der Waals surface area contributed by atoms with Gasteiger partial charge in [0.25, 0.3) is 0 Å². The van der Waals surface area contributed by atoms with Crippen LogP contribution in [0, 0.1) is 6.92 Å². The molecule has 152 valence electrons. The molecule has 1 aliphatic rings. The number of benzene rings is 3. The standard InChI is InChI=1S/C24H22N2O3S/c1-16-4-10-19(11-5-16)26-23(18-8-14-21(28-3)15-9-18)29-22(25-24(26)30)17-6-12-20(27-2)13-7-17/h4-15,23H,1-3H3. The lowest BCUT2D eigenvalue weighted by molar-refractivity contribution is 0.196. The van der Waals surface area contributed by atoms with Crippen LogP contribution >= 0.6 is 12.2 Å². The molecule has 1 atom stereocenters. The van der Waals surface area contributed by atoms with Crippen LogP contribution in [0.1, 0.15) is 22.9 Å². The summed E-state index contributed by atoms with van der Waals surface area (Å²) in [5.74, 6) is 2.03. The largest absolute Gasteiger partial charge is 0.497 e. The maximum atomic E-state index is 6.38. The van der Waals surface area contributed by atoms with E-state index in [-0.39, 0.29) is 0 Å². The lowest BCUT2D eigenvalue weighted by atomic mass is 10.1. The minimum absolute atomic E-state index is 0.441. The van der Waals surface area contributed by atoms with Gasteiger partial charge in [0.1, 0.15) is 11.5 Å². The van der Waals surface area contributed by atoms with E-state index in [1.54, 1.807) is 14.2 Å². The summed E-state index contributed by atoms with van der Waals surface area (Å²) < 4.78 is 16.9. The highest BCUT2D eigenvalue weighted by Gasteiger charge is 2.32. The molecule has 1 aliphatic heterocycles. The Morgan fingerprint density at radius 1 is 0.833 bits per heavy atom. The molecule has 0 bridgehead atoms. The van der Waals surface area contributed by atoms with Gasteiger partial charge in [0, 0.05) is 16.8 Å². The number of methoxy groups -OCH3 is 2. The third-order valence-corrected chi connectivity index (χ3v) is 5.20. The van der Waals surface area contributed by atoms with Crippen molar-refractivity contribution in [3.05, 3.63) is 89.5 Å². The maximum Gasteiger partial charge on any atom is 0.225 e. The molecular weight excluding hydrogens is 396 g/mol. The number of hydrogen-bond donors (Lipinski definition) is 0. The summed E-state index contributed by atoms with van der Waals surface area (Å²) in [5.41, 5.74) is 3.87. The average molecular weight is 419 g/mol. The zero-order chi connectivity index (χ0) is 21.1. The Hall–Kier alpha value is -3.38. The van der Waals surface area contributed by atoms with E-state index >= 15 is 0 Å². The number of rotatable bonds is 5. The van der Waals surface area contributed by atoms with Crippen LogP contribution in [0.2, 0.25) is 0 Å². The van der Waals surface area contributed by atoms with Crippen LogP contribution in [0.4, 0.5) is 5.69 Å². The first-order valence-electron chi connectivity index (χ1n) is 9.52. The summed E-state index contributed by atoms with van der Waals surface area (Å²) in [6, 6.07) is 23.5. The minimum Gasteiger partial charge on any atom is -0.497 e. The number of anilines is 1. The van der Waals surface area contributed by atoms with Gasteiger partial charge in [0.15, 0.2) is 0 Å². The van der Waals surface area contributed by atoms with Crippen molar-refractivity contribution in [2.24, 2.45) is 4.99 Å². The first kappa shape index (κ1) is 19.9. The normalized spacial score (nSPS) is 16.0. The summed E-state index contributed by atoms with van der Waals surface area (Å²) in [5, 5.41) is 0.441. The van der Waals surface area contributed by atoms with E-state index in [4.69, 9.17) is 26.4 Å². The van der Waals surface area contributed by atoms with Crippen LogP contribution in [-0.4, -0.2) is 25.2 Å². The van der Waals surface area contributed by atoms with Crippen molar-refractivity contribution < 1.29 is 14.2 Å². The molecule has 0 saturated heterocycles. The van der Waals surface area contributed by atoms with Gasteiger partial charge in [-0.3, -0.25) is 4.90 Å². The van der Waals surface area contributed by atoms with E-state index in [9.17, 15) is 0 Å². The summed E-state index contributed by atoms with van der Waals surface area (Å²) in [6.45, 7) is 2.05. The second-order valence-corrected chi connectivity index (χ2v) is 7.24. The zero-order valence-electron chi connectivity index (χ0n) is 17.0. The Morgan fingerprint density at radius 2 is 1.40 bits per heavy atom. The van der Waals surface area contributed by atoms with E-state index in [2.05, 4.69) is 11.9 Å². The van der Waals surface area contributed by atoms with Gasteiger partial charge in [-0.05, 0) is 79.8 Å². The molecule has 5 nitrogen and oxygen atoms in total. The Balaban J connectivity index is 1.75. The number of aryl methyl sites for hydroxylation is 1. The molecule has 3 aromatic carbocycles. The van der Waals surface area contributed by atoms with Gasteiger partial charge in [0.05, 0.1) is 14.2 Å². The number of ether oxygens (including phenoxy) is 3. The Kier molecular flexibility index (Phi) is 5.68. The summed E-state index contributed by atoms with van der Waals surface area (Å²) in [6.07, 6.45) is -0.458. The first-order valence-corrected chi connectivity index (χ1v) is 9.93. The molecule has 1 unspecified atom stereocenters. The second kappa shape index (κ2) is 8.55. The monoisotopic (exact) mass is 418 g/mol. The van der Waals surface area contributed by atoms with Gasteiger partial charge in [0.2, 0.25) is 17.2 Å². The molecule has 3 aromatic rings. The quantitative estimate of drug-likeness (QED) is 0.528. The third-order valence-electron chi connectivity index (χ3n) is 4.91. The molecule has 0 N–H and O–H groups in total. The van der Waals surface area contributed by atoms with Gasteiger partial charge >= 0.3 is 0 Å². The van der Waals surface area contributed by atoms with Crippen molar-refractivity contribution in [2.45, 2.75) is 13.2 Å². The number of thiocarbonyl (C=S) groups is 1. The van der Waals surface area contributed by atoms with Gasteiger partial charge in [-0.25, -0.2) is 0 Å². The predicted octanol–water partition coefficient (Wildman–Crippen LogP) is 5.28. The zero-order valence-corrected chi connectivity index (χ0v) is 17.8. The molecule has 0 radical (unpaired) electrons. The van der Waals surface area contributed by atoms with E-state index < -0.39 is 6.23 Å². The van der Waals surface area contributed by atoms with Crippen molar-refractivity contribution in [1.29, 1.82) is 0 Å². The fraction of sp³-hybridized carbons (Fsp3) is 0.167. The van der Waals surface area contributed by atoms with Crippen LogP contribution in [0.3, 0.4) is 0 Å². The Morgan fingerprint density at radius 3 is 1.97 bits per heavy atom. The van der Waals surface area contributed by atoms with Crippen molar-refractivity contribution in [3.63, 3.8) is 0 Å². The fourth-order valence-corrected chi connectivity index (χ4v) is 3.51. The average Bonchev–Trinajstić information content (AvgIpc) is 2.79. The van der Waals surface area contributed by atoms with Gasteiger partial charge in [-0.2, -0.15) is 4.99 Å². The first-order chi connectivity index (χ1) is 14.6. The van der Waals surface area contributed by atoms with Gasteiger partial charge < -0.3 is 14.2 Å². The van der Waals surface area contributed by atoms with Crippen LogP contribution < -0.4 is 14.4 Å². The topological polar surface area (TPSA) is 43.3 Å². The molecule has 30 heavy (non-hydrogen) atoms. The van der Waals surface area contributed by atoms with Crippen molar-refractivity contribution in [3.8, 4) is 11.5 Å². The molecule has 0 aliphatic carbocycles. The molecule has 4 rings (SSSR count). The van der Waals surface area contributed by atoms with Crippen LogP contribution in [0.5, 0.6) is 11.5 Å². The Labute approximate surface area is 181 Å². The number of aliphatic imine (C=N–C) groups is 1. The maximum absolute atomic E-state index is 6.38. The molecule has 6 heteroatoms.